The second-order valence-electron chi connectivity index (χ2n) is 3.85. The van der Waals surface area contributed by atoms with Crippen molar-refractivity contribution in [1.82, 2.24) is 20.2 Å². The summed E-state index contributed by atoms with van der Waals surface area (Å²) in [7, 11) is 0. The van der Waals surface area contributed by atoms with E-state index in [0.29, 0.717) is 6.04 Å². The summed E-state index contributed by atoms with van der Waals surface area (Å²) >= 11 is 0. The zero-order chi connectivity index (χ0) is 9.42. The first-order valence-corrected chi connectivity index (χ1v) is 4.73. The molecule has 2 unspecified atom stereocenters. The summed E-state index contributed by atoms with van der Waals surface area (Å²) in [4.78, 5) is 0. The van der Waals surface area contributed by atoms with Crippen molar-refractivity contribution in [2.45, 2.75) is 38.8 Å². The molecule has 2 N–H and O–H groups in total. The highest BCUT2D eigenvalue weighted by Crippen LogP contribution is 2.39. The minimum absolute atomic E-state index is 0.0869. The predicted molar refractivity (Wildman–Crippen MR) is 47.9 cm³/mol. The van der Waals surface area contributed by atoms with E-state index in [1.165, 1.54) is 12.8 Å². The van der Waals surface area contributed by atoms with Gasteiger partial charge in [-0.3, -0.25) is 0 Å². The minimum atomic E-state index is -0.0869. The Kier molecular flexibility index (Phi) is 2.03. The number of hydrogen-bond donors (Lipinski definition) is 1. The number of hydrogen-bond acceptors (Lipinski definition) is 4. The van der Waals surface area contributed by atoms with Crippen LogP contribution in [0, 0.1) is 5.92 Å². The summed E-state index contributed by atoms with van der Waals surface area (Å²) in [6.07, 6.45) is 2.58. The van der Waals surface area contributed by atoms with Gasteiger partial charge in [0.05, 0.1) is 12.1 Å². The molecular formula is C8H15N5. The van der Waals surface area contributed by atoms with Crippen LogP contribution >= 0.6 is 0 Å². The molecule has 1 aliphatic rings. The molecule has 1 saturated carbocycles. The lowest BCUT2D eigenvalue weighted by Crippen LogP contribution is -2.18. The van der Waals surface area contributed by atoms with Crippen molar-refractivity contribution in [3.8, 4) is 0 Å². The lowest BCUT2D eigenvalue weighted by Gasteiger charge is -2.13. The van der Waals surface area contributed by atoms with Gasteiger partial charge in [0, 0.05) is 0 Å². The van der Waals surface area contributed by atoms with E-state index < -0.39 is 0 Å². The third-order valence-corrected chi connectivity index (χ3v) is 2.62. The summed E-state index contributed by atoms with van der Waals surface area (Å²) < 4.78 is 1.86. The summed E-state index contributed by atoms with van der Waals surface area (Å²) in [6, 6.07) is 0.312. The van der Waals surface area contributed by atoms with E-state index in [1.807, 2.05) is 11.6 Å². The third-order valence-electron chi connectivity index (χ3n) is 2.62. The molecule has 0 aliphatic heterocycles. The lowest BCUT2D eigenvalue weighted by molar-refractivity contribution is 0.407. The molecule has 0 radical (unpaired) electrons. The lowest BCUT2D eigenvalue weighted by atomic mass is 10.2. The Bertz CT molecular complexity index is 288. The molecule has 0 bridgehead atoms. The quantitative estimate of drug-likeness (QED) is 0.743. The molecule has 1 heterocycles. The number of tetrazole rings is 1. The largest absolute Gasteiger partial charge is 0.322 e. The molecule has 0 amide bonds. The molecule has 5 nitrogen and oxygen atoms in total. The van der Waals surface area contributed by atoms with Gasteiger partial charge in [0.1, 0.15) is 0 Å². The van der Waals surface area contributed by atoms with Crippen LogP contribution in [0.1, 0.15) is 44.6 Å². The maximum absolute atomic E-state index is 5.75. The van der Waals surface area contributed by atoms with E-state index in [1.54, 1.807) is 0 Å². The number of rotatable bonds is 3. The summed E-state index contributed by atoms with van der Waals surface area (Å²) in [5.74, 6) is 1.54. The number of nitrogens with two attached hydrogens (primary N) is 1. The van der Waals surface area contributed by atoms with Gasteiger partial charge < -0.3 is 5.73 Å². The molecule has 1 aromatic heterocycles. The highest BCUT2D eigenvalue weighted by Gasteiger charge is 2.31. The summed E-state index contributed by atoms with van der Waals surface area (Å²) in [5, 5.41) is 11.6. The van der Waals surface area contributed by atoms with Crippen LogP contribution < -0.4 is 5.73 Å². The fourth-order valence-electron chi connectivity index (χ4n) is 1.57. The Morgan fingerprint density at radius 2 is 2.15 bits per heavy atom. The van der Waals surface area contributed by atoms with Gasteiger partial charge in [-0.2, -0.15) is 0 Å². The van der Waals surface area contributed by atoms with E-state index in [2.05, 4.69) is 22.4 Å². The maximum Gasteiger partial charge on any atom is 0.167 e. The van der Waals surface area contributed by atoms with Gasteiger partial charge in [0.25, 0.3) is 0 Å². The Balaban J connectivity index is 2.22. The third kappa shape index (κ3) is 1.56. The van der Waals surface area contributed by atoms with Crippen LogP contribution in [0.2, 0.25) is 0 Å². The SMILES string of the molecule is CC(N)c1nnnn1C(C)C1CC1. The molecule has 72 valence electrons. The predicted octanol–water partition coefficient (Wildman–Crippen LogP) is 0.664. The Morgan fingerprint density at radius 1 is 1.46 bits per heavy atom. The molecule has 0 aromatic carbocycles. The molecule has 2 rings (SSSR count). The van der Waals surface area contributed by atoms with Crippen LogP contribution in [-0.2, 0) is 0 Å². The van der Waals surface area contributed by atoms with Crippen LogP contribution in [-0.4, -0.2) is 20.2 Å². The van der Waals surface area contributed by atoms with Crippen molar-refractivity contribution in [3.05, 3.63) is 5.82 Å². The molecule has 13 heavy (non-hydrogen) atoms. The first kappa shape index (κ1) is 8.62. The van der Waals surface area contributed by atoms with Crippen LogP contribution in [0.4, 0.5) is 0 Å². The normalized spacial score (nSPS) is 21.5. The van der Waals surface area contributed by atoms with Crippen LogP contribution in [0.15, 0.2) is 0 Å². The molecule has 1 aliphatic carbocycles. The molecule has 0 saturated heterocycles. The van der Waals surface area contributed by atoms with E-state index in [9.17, 15) is 0 Å². The molecule has 2 atom stereocenters. The summed E-state index contributed by atoms with van der Waals surface area (Å²) in [6.45, 7) is 4.06. The second kappa shape index (κ2) is 3.06. The monoisotopic (exact) mass is 181 g/mol. The van der Waals surface area contributed by atoms with Crippen LogP contribution in [0.5, 0.6) is 0 Å². The highest BCUT2D eigenvalue weighted by atomic mass is 15.6. The van der Waals surface area contributed by atoms with Gasteiger partial charge in [-0.15, -0.1) is 5.10 Å². The van der Waals surface area contributed by atoms with E-state index in [4.69, 9.17) is 5.73 Å². The van der Waals surface area contributed by atoms with Gasteiger partial charge in [0.2, 0.25) is 0 Å². The van der Waals surface area contributed by atoms with Crippen molar-refractivity contribution in [1.29, 1.82) is 0 Å². The maximum atomic E-state index is 5.75. The Labute approximate surface area is 77.3 Å². The first-order valence-electron chi connectivity index (χ1n) is 4.73. The zero-order valence-electron chi connectivity index (χ0n) is 8.01. The molecular weight excluding hydrogens is 166 g/mol. The number of nitrogens with zero attached hydrogens (tertiary/aromatic N) is 4. The van der Waals surface area contributed by atoms with Gasteiger partial charge in [0.15, 0.2) is 5.82 Å². The zero-order valence-corrected chi connectivity index (χ0v) is 8.01. The van der Waals surface area contributed by atoms with Crippen molar-refractivity contribution < 1.29 is 0 Å². The molecule has 1 fully saturated rings. The van der Waals surface area contributed by atoms with E-state index >= 15 is 0 Å². The topological polar surface area (TPSA) is 69.6 Å². The van der Waals surface area contributed by atoms with Gasteiger partial charge >= 0.3 is 0 Å². The Hall–Kier alpha value is -0.970. The van der Waals surface area contributed by atoms with Gasteiger partial charge in [-0.25, -0.2) is 4.68 Å². The Morgan fingerprint density at radius 3 is 2.69 bits per heavy atom. The van der Waals surface area contributed by atoms with Gasteiger partial charge in [-0.1, -0.05) is 0 Å². The van der Waals surface area contributed by atoms with E-state index in [0.717, 1.165) is 11.7 Å². The van der Waals surface area contributed by atoms with Crippen molar-refractivity contribution in [3.63, 3.8) is 0 Å². The number of aromatic nitrogens is 4. The molecule has 0 spiro atoms. The average Bonchev–Trinajstić information content (AvgIpc) is 2.80. The summed E-state index contributed by atoms with van der Waals surface area (Å²) in [5.41, 5.74) is 5.75. The molecule has 5 heteroatoms. The van der Waals surface area contributed by atoms with Crippen molar-refractivity contribution in [2.75, 3.05) is 0 Å². The van der Waals surface area contributed by atoms with Crippen molar-refractivity contribution >= 4 is 0 Å². The minimum Gasteiger partial charge on any atom is -0.322 e. The fraction of sp³-hybridized carbons (Fsp3) is 0.875. The first-order chi connectivity index (χ1) is 6.20. The van der Waals surface area contributed by atoms with Crippen LogP contribution in [0.25, 0.3) is 0 Å². The van der Waals surface area contributed by atoms with Crippen molar-refractivity contribution in [2.24, 2.45) is 11.7 Å². The van der Waals surface area contributed by atoms with Crippen LogP contribution in [0.3, 0.4) is 0 Å². The van der Waals surface area contributed by atoms with Gasteiger partial charge in [-0.05, 0) is 43.0 Å². The van der Waals surface area contributed by atoms with E-state index in [-0.39, 0.29) is 6.04 Å². The highest BCUT2D eigenvalue weighted by molar-refractivity contribution is 4.93. The fourth-order valence-corrected chi connectivity index (χ4v) is 1.57. The second-order valence-corrected chi connectivity index (χ2v) is 3.85. The standard InChI is InChI=1S/C8H15N5/c1-5(9)8-10-11-12-13(8)6(2)7-3-4-7/h5-7H,3-4,9H2,1-2H3. The molecule has 1 aromatic rings. The average molecular weight is 181 g/mol. The smallest absolute Gasteiger partial charge is 0.167 e.